The molecule has 0 aliphatic rings. The van der Waals surface area contributed by atoms with Crippen LogP contribution in [0.5, 0.6) is 0 Å². The molecule has 0 saturated heterocycles. The highest BCUT2D eigenvalue weighted by atomic mass is 31.2. The van der Waals surface area contributed by atoms with E-state index in [0.717, 1.165) is 18.4 Å². The summed E-state index contributed by atoms with van der Waals surface area (Å²) in [6, 6.07) is 3.53. The fraction of sp³-hybridized carbons (Fsp3) is 0.500. The smallest absolute Gasteiger partial charge is 0.324 e. The van der Waals surface area contributed by atoms with Gasteiger partial charge < -0.3 is 19.6 Å². The van der Waals surface area contributed by atoms with E-state index in [2.05, 4.69) is 0 Å². The molecule has 0 aliphatic heterocycles. The minimum Gasteiger partial charge on any atom is -0.324 e. The molecule has 0 bridgehead atoms. The second-order valence-corrected chi connectivity index (χ2v) is 8.33. The molecule has 0 radical (unpaired) electrons. The average molecular weight is 310 g/mol. The third-order valence-electron chi connectivity index (χ3n) is 2.61. The molecule has 0 saturated carbocycles. The van der Waals surface area contributed by atoms with Crippen LogP contribution >= 0.6 is 15.2 Å². The minimum absolute atomic E-state index is 0.424. The summed E-state index contributed by atoms with van der Waals surface area (Å²) in [4.78, 5) is 36.2. The lowest BCUT2D eigenvalue weighted by atomic mass is 10.2. The first-order valence-electron chi connectivity index (χ1n) is 5.73. The van der Waals surface area contributed by atoms with Crippen LogP contribution in [0.1, 0.15) is 18.9 Å². The number of pyridine rings is 1. The van der Waals surface area contributed by atoms with Crippen molar-refractivity contribution in [2.75, 3.05) is 0 Å². The Morgan fingerprint density at radius 3 is 2.26 bits per heavy atom. The minimum atomic E-state index is -4.88. The lowest BCUT2D eigenvalue weighted by Crippen LogP contribution is -2.39. The molecule has 108 valence electrons. The molecular formula is C10H18NO6P2+. The zero-order chi connectivity index (χ0) is 14.7. The summed E-state index contributed by atoms with van der Waals surface area (Å²) in [5.41, 5.74) is 0.945. The van der Waals surface area contributed by atoms with E-state index in [1.807, 2.05) is 13.0 Å². The normalized spacial score (nSPS) is 12.9. The molecule has 4 N–H and O–H groups in total. The van der Waals surface area contributed by atoms with Crippen LogP contribution in [0.2, 0.25) is 0 Å². The molecule has 1 aromatic heterocycles. The second kappa shape index (κ2) is 6.27. The van der Waals surface area contributed by atoms with Gasteiger partial charge in [-0.1, -0.05) is 13.3 Å². The number of aryl methyl sites for hydroxylation is 1. The van der Waals surface area contributed by atoms with Crippen LogP contribution < -0.4 is 4.57 Å². The summed E-state index contributed by atoms with van der Waals surface area (Å²) in [7, 11) is -9.75. The van der Waals surface area contributed by atoms with Crippen LogP contribution in [-0.2, 0) is 22.1 Å². The van der Waals surface area contributed by atoms with Crippen LogP contribution in [0, 0.1) is 0 Å². The van der Waals surface area contributed by atoms with E-state index in [-0.39, 0.29) is 0 Å². The Kier molecular flexibility index (Phi) is 5.44. The quantitative estimate of drug-likeness (QED) is 0.451. The number of hydrogen-bond acceptors (Lipinski definition) is 2. The first-order valence-corrected chi connectivity index (χ1v) is 9.09. The van der Waals surface area contributed by atoms with E-state index in [1.165, 1.54) is 10.8 Å². The maximum Gasteiger partial charge on any atom is 0.347 e. The molecule has 7 nitrogen and oxygen atoms in total. The highest BCUT2D eigenvalue weighted by molar-refractivity contribution is 7.70. The van der Waals surface area contributed by atoms with Crippen molar-refractivity contribution in [2.45, 2.75) is 31.7 Å². The predicted molar refractivity (Wildman–Crippen MR) is 68.5 cm³/mol. The van der Waals surface area contributed by atoms with Crippen molar-refractivity contribution in [2.24, 2.45) is 0 Å². The van der Waals surface area contributed by atoms with E-state index >= 15 is 0 Å². The van der Waals surface area contributed by atoms with Crippen LogP contribution in [0.15, 0.2) is 24.5 Å². The number of nitrogens with zero attached hydrogens (tertiary/aromatic N) is 1. The topological polar surface area (TPSA) is 119 Å². The van der Waals surface area contributed by atoms with Gasteiger partial charge in [-0.05, 0) is 12.5 Å². The zero-order valence-electron chi connectivity index (χ0n) is 10.5. The van der Waals surface area contributed by atoms with E-state index < -0.39 is 27.1 Å². The van der Waals surface area contributed by atoms with Crippen molar-refractivity contribution in [3.05, 3.63) is 30.1 Å². The van der Waals surface area contributed by atoms with Gasteiger partial charge in [0.25, 0.3) is 0 Å². The molecule has 0 unspecified atom stereocenters. The summed E-state index contributed by atoms with van der Waals surface area (Å²) < 4.78 is 23.8. The van der Waals surface area contributed by atoms with Crippen LogP contribution in [-0.4, -0.2) is 25.0 Å². The van der Waals surface area contributed by atoms with Gasteiger partial charge in [0.15, 0.2) is 18.9 Å². The first kappa shape index (κ1) is 16.5. The van der Waals surface area contributed by atoms with Crippen LogP contribution in [0.4, 0.5) is 0 Å². The van der Waals surface area contributed by atoms with Crippen LogP contribution in [0.25, 0.3) is 0 Å². The van der Waals surface area contributed by atoms with E-state index in [1.54, 1.807) is 12.3 Å². The van der Waals surface area contributed by atoms with Gasteiger partial charge in [-0.15, -0.1) is 0 Å². The van der Waals surface area contributed by atoms with Gasteiger partial charge >= 0.3 is 15.2 Å². The molecule has 0 fully saturated rings. The van der Waals surface area contributed by atoms with Gasteiger partial charge in [0.1, 0.15) is 0 Å². The van der Waals surface area contributed by atoms with Gasteiger partial charge in [-0.3, -0.25) is 9.13 Å². The SMILES string of the molecule is CCCc1ccc[n+](CC(P(=O)(O)O)P(=O)(O)O)c1. The van der Waals surface area contributed by atoms with Crippen molar-refractivity contribution in [3.63, 3.8) is 0 Å². The van der Waals surface area contributed by atoms with Crippen molar-refractivity contribution >= 4 is 15.2 Å². The van der Waals surface area contributed by atoms with Crippen LogP contribution in [0.3, 0.4) is 0 Å². The second-order valence-electron chi connectivity index (χ2n) is 4.32. The molecule has 19 heavy (non-hydrogen) atoms. The summed E-state index contributed by atoms with van der Waals surface area (Å²) in [5.74, 6) is 0. The highest BCUT2D eigenvalue weighted by Crippen LogP contribution is 2.59. The Labute approximate surface area is 111 Å². The largest absolute Gasteiger partial charge is 0.347 e. The molecule has 1 aromatic rings. The molecule has 0 aromatic carbocycles. The number of aromatic nitrogens is 1. The predicted octanol–water partition coefficient (Wildman–Crippen LogP) is 0.608. The Bertz CT molecular complexity index is 501. The molecule has 9 heteroatoms. The van der Waals surface area contributed by atoms with Gasteiger partial charge in [0.05, 0.1) is 0 Å². The molecule has 0 atom stereocenters. The van der Waals surface area contributed by atoms with Crippen molar-refractivity contribution in [1.29, 1.82) is 0 Å². The van der Waals surface area contributed by atoms with Crippen molar-refractivity contribution < 1.29 is 33.3 Å². The first-order chi connectivity index (χ1) is 8.64. The Morgan fingerprint density at radius 1 is 1.21 bits per heavy atom. The maximum absolute atomic E-state index is 11.2. The third kappa shape index (κ3) is 5.15. The maximum atomic E-state index is 11.2. The number of rotatable bonds is 6. The molecule has 1 rings (SSSR count). The Hall–Kier alpha value is -0.550. The fourth-order valence-electron chi connectivity index (χ4n) is 1.72. The summed E-state index contributed by atoms with van der Waals surface area (Å²) in [5, 5.41) is -2.01. The standard InChI is InChI=1S/C10H17NO6P2/c1-2-4-9-5-3-6-11(7-9)8-10(18(12,13)14)19(15,16)17/h3,5-7,10H,2,4,8H2,1H3,(H3-,12,13,14,15,16,17)/p+1. The monoisotopic (exact) mass is 310 g/mol. The Balaban J connectivity index is 3.01. The molecule has 0 aliphatic carbocycles. The van der Waals surface area contributed by atoms with Gasteiger partial charge in [-0.2, -0.15) is 0 Å². The lowest BCUT2D eigenvalue weighted by Gasteiger charge is -2.16. The fourth-order valence-corrected chi connectivity index (χ4v) is 4.09. The van der Waals surface area contributed by atoms with Gasteiger partial charge in [0, 0.05) is 11.6 Å². The third-order valence-corrected chi connectivity index (χ3v) is 6.29. The number of hydrogen-bond donors (Lipinski definition) is 4. The van der Waals surface area contributed by atoms with E-state index in [4.69, 9.17) is 19.6 Å². The lowest BCUT2D eigenvalue weighted by molar-refractivity contribution is -0.695. The van der Waals surface area contributed by atoms with Crippen molar-refractivity contribution in [1.82, 2.24) is 0 Å². The van der Waals surface area contributed by atoms with Gasteiger partial charge in [0.2, 0.25) is 5.40 Å². The summed E-state index contributed by atoms with van der Waals surface area (Å²) in [6.45, 7) is 1.57. The molecule has 1 heterocycles. The molecule has 0 spiro atoms. The van der Waals surface area contributed by atoms with Gasteiger partial charge in [-0.25, -0.2) is 4.57 Å². The summed E-state index contributed by atoms with van der Waals surface area (Å²) in [6.07, 6.45) is 4.86. The highest BCUT2D eigenvalue weighted by Gasteiger charge is 2.46. The zero-order valence-corrected chi connectivity index (χ0v) is 12.2. The molecular weight excluding hydrogens is 292 g/mol. The van der Waals surface area contributed by atoms with E-state index in [0.29, 0.717) is 0 Å². The summed E-state index contributed by atoms with van der Waals surface area (Å²) >= 11 is 0. The van der Waals surface area contributed by atoms with Crippen molar-refractivity contribution in [3.8, 4) is 0 Å². The average Bonchev–Trinajstić information content (AvgIpc) is 2.24. The van der Waals surface area contributed by atoms with E-state index in [9.17, 15) is 9.13 Å². The molecule has 0 amide bonds. The Morgan fingerprint density at radius 2 is 1.79 bits per heavy atom.